The molecule has 0 spiro atoms. The number of benzene rings is 1. The lowest BCUT2D eigenvalue weighted by Crippen LogP contribution is -2.30. The number of aliphatic hydroxyl groups is 1. The Bertz CT molecular complexity index is 337. The second-order valence-electron chi connectivity index (χ2n) is 3.96. The van der Waals surface area contributed by atoms with E-state index in [-0.39, 0.29) is 12.6 Å². The summed E-state index contributed by atoms with van der Waals surface area (Å²) in [5, 5.41) is 12.0. The summed E-state index contributed by atoms with van der Waals surface area (Å²) in [7, 11) is 3.46. The van der Waals surface area contributed by atoms with Crippen molar-refractivity contribution in [1.29, 1.82) is 0 Å². The summed E-state index contributed by atoms with van der Waals surface area (Å²) < 4.78 is 10.9. The minimum Gasteiger partial charge on any atom is -0.493 e. The molecule has 96 valence electrons. The molecule has 0 saturated carbocycles. The molecule has 0 saturated heterocycles. The Labute approximate surface area is 103 Å². The van der Waals surface area contributed by atoms with Crippen LogP contribution in [-0.2, 0) is 0 Å². The van der Waals surface area contributed by atoms with E-state index in [1.165, 1.54) is 0 Å². The maximum absolute atomic E-state index is 9.02. The first-order chi connectivity index (χ1) is 8.21. The van der Waals surface area contributed by atoms with Gasteiger partial charge in [0.05, 0.1) is 20.3 Å². The number of methoxy groups -OCH3 is 1. The van der Waals surface area contributed by atoms with E-state index in [0.717, 1.165) is 23.5 Å². The van der Waals surface area contributed by atoms with E-state index >= 15 is 0 Å². The molecule has 0 fully saturated rings. The first-order valence-corrected chi connectivity index (χ1v) is 5.76. The largest absolute Gasteiger partial charge is 0.493 e. The molecule has 0 radical (unpaired) electrons. The van der Waals surface area contributed by atoms with Gasteiger partial charge in [0.2, 0.25) is 0 Å². The Kier molecular flexibility index (Phi) is 5.80. The normalized spacial score (nSPS) is 12.2. The van der Waals surface area contributed by atoms with Gasteiger partial charge >= 0.3 is 0 Å². The average Bonchev–Trinajstić information content (AvgIpc) is 2.36. The third-order valence-electron chi connectivity index (χ3n) is 2.67. The molecule has 0 aromatic heterocycles. The maximum atomic E-state index is 9.02. The topological polar surface area (TPSA) is 50.7 Å². The number of rotatable bonds is 7. The first kappa shape index (κ1) is 13.8. The van der Waals surface area contributed by atoms with Crippen molar-refractivity contribution in [3.63, 3.8) is 0 Å². The lowest BCUT2D eigenvalue weighted by molar-refractivity contribution is 0.211. The highest BCUT2D eigenvalue weighted by atomic mass is 16.5. The number of nitrogens with one attached hydrogen (secondary N) is 1. The number of hydrogen-bond donors (Lipinski definition) is 2. The number of likely N-dealkylation sites (N-methyl/N-ethyl adjacent to an activating group) is 1. The van der Waals surface area contributed by atoms with Gasteiger partial charge < -0.3 is 19.9 Å². The van der Waals surface area contributed by atoms with Crippen molar-refractivity contribution >= 4 is 0 Å². The molecular formula is C13H21NO3. The van der Waals surface area contributed by atoms with E-state index in [4.69, 9.17) is 14.6 Å². The highest BCUT2D eigenvalue weighted by Crippen LogP contribution is 2.27. The van der Waals surface area contributed by atoms with Crippen molar-refractivity contribution in [2.45, 2.75) is 19.4 Å². The Morgan fingerprint density at radius 1 is 1.35 bits per heavy atom. The van der Waals surface area contributed by atoms with Crippen LogP contribution in [0.1, 0.15) is 12.0 Å². The van der Waals surface area contributed by atoms with Crippen molar-refractivity contribution in [2.24, 2.45) is 0 Å². The van der Waals surface area contributed by atoms with Crippen molar-refractivity contribution in [3.8, 4) is 11.5 Å². The monoisotopic (exact) mass is 239 g/mol. The molecule has 1 aromatic rings. The third-order valence-corrected chi connectivity index (χ3v) is 2.67. The van der Waals surface area contributed by atoms with Crippen molar-refractivity contribution in [1.82, 2.24) is 5.32 Å². The van der Waals surface area contributed by atoms with E-state index in [1.54, 1.807) is 7.11 Å². The zero-order chi connectivity index (χ0) is 12.7. The van der Waals surface area contributed by atoms with Crippen LogP contribution in [-0.4, -0.2) is 38.5 Å². The molecule has 0 aliphatic rings. The smallest absolute Gasteiger partial charge is 0.161 e. The van der Waals surface area contributed by atoms with E-state index in [0.29, 0.717) is 6.61 Å². The number of hydrogen-bond acceptors (Lipinski definition) is 4. The standard InChI is InChI=1S/C13H21NO3/c1-10-4-5-12(13(8-10)16-3)17-7-6-11(9-15)14-2/h4-5,8,11,14-15H,6-7,9H2,1-3H3. The Morgan fingerprint density at radius 3 is 2.71 bits per heavy atom. The van der Waals surface area contributed by atoms with Crippen LogP contribution in [0, 0.1) is 6.92 Å². The van der Waals surface area contributed by atoms with Crippen LogP contribution in [0.25, 0.3) is 0 Å². The summed E-state index contributed by atoms with van der Waals surface area (Å²) in [5.74, 6) is 1.49. The Hall–Kier alpha value is -1.26. The predicted molar refractivity (Wildman–Crippen MR) is 67.8 cm³/mol. The predicted octanol–water partition coefficient (Wildman–Crippen LogP) is 1.35. The minimum absolute atomic E-state index is 0.0754. The molecule has 0 aliphatic heterocycles. The second kappa shape index (κ2) is 7.14. The molecule has 1 unspecified atom stereocenters. The van der Waals surface area contributed by atoms with Crippen molar-refractivity contribution < 1.29 is 14.6 Å². The van der Waals surface area contributed by atoms with E-state index in [9.17, 15) is 0 Å². The zero-order valence-electron chi connectivity index (χ0n) is 10.7. The van der Waals surface area contributed by atoms with Gasteiger partial charge in [0.15, 0.2) is 11.5 Å². The lowest BCUT2D eigenvalue weighted by Gasteiger charge is -2.15. The molecule has 2 N–H and O–H groups in total. The Balaban J connectivity index is 2.51. The molecule has 1 rings (SSSR count). The van der Waals surface area contributed by atoms with Gasteiger partial charge in [-0.3, -0.25) is 0 Å². The van der Waals surface area contributed by atoms with Crippen LogP contribution in [0.5, 0.6) is 11.5 Å². The van der Waals surface area contributed by atoms with Gasteiger partial charge in [0.1, 0.15) is 0 Å². The zero-order valence-corrected chi connectivity index (χ0v) is 10.7. The fraction of sp³-hybridized carbons (Fsp3) is 0.538. The molecule has 4 nitrogen and oxygen atoms in total. The fourth-order valence-electron chi connectivity index (χ4n) is 1.53. The van der Waals surface area contributed by atoms with E-state index in [1.807, 2.05) is 32.2 Å². The molecular weight excluding hydrogens is 218 g/mol. The van der Waals surface area contributed by atoms with E-state index in [2.05, 4.69) is 5.32 Å². The second-order valence-corrected chi connectivity index (χ2v) is 3.96. The minimum atomic E-state index is 0.0754. The van der Waals surface area contributed by atoms with E-state index < -0.39 is 0 Å². The molecule has 1 aromatic carbocycles. The van der Waals surface area contributed by atoms with Gasteiger partial charge in [-0.05, 0) is 38.1 Å². The molecule has 4 heteroatoms. The van der Waals surface area contributed by atoms with Gasteiger partial charge in [-0.15, -0.1) is 0 Å². The summed E-state index contributed by atoms with van der Waals surface area (Å²) in [5.41, 5.74) is 1.14. The summed E-state index contributed by atoms with van der Waals surface area (Å²) in [4.78, 5) is 0. The van der Waals surface area contributed by atoms with Gasteiger partial charge in [0, 0.05) is 6.04 Å². The van der Waals surface area contributed by atoms with Gasteiger partial charge in [-0.2, -0.15) is 0 Å². The number of ether oxygens (including phenoxy) is 2. The van der Waals surface area contributed by atoms with Crippen molar-refractivity contribution in [2.75, 3.05) is 27.4 Å². The molecule has 0 aliphatic carbocycles. The van der Waals surface area contributed by atoms with Gasteiger partial charge in [-0.1, -0.05) is 6.07 Å². The van der Waals surface area contributed by atoms with Crippen LogP contribution in [0.15, 0.2) is 18.2 Å². The molecule has 0 amide bonds. The lowest BCUT2D eigenvalue weighted by atomic mass is 10.2. The summed E-state index contributed by atoms with van der Waals surface area (Å²) in [6, 6.07) is 5.91. The summed E-state index contributed by atoms with van der Waals surface area (Å²) in [6.07, 6.45) is 0.754. The van der Waals surface area contributed by atoms with Crippen LogP contribution < -0.4 is 14.8 Å². The summed E-state index contributed by atoms with van der Waals surface area (Å²) in [6.45, 7) is 2.67. The molecule has 17 heavy (non-hydrogen) atoms. The van der Waals surface area contributed by atoms with Gasteiger partial charge in [0.25, 0.3) is 0 Å². The average molecular weight is 239 g/mol. The summed E-state index contributed by atoms with van der Waals surface area (Å²) >= 11 is 0. The third kappa shape index (κ3) is 4.24. The number of aliphatic hydroxyl groups excluding tert-OH is 1. The molecule has 0 heterocycles. The highest BCUT2D eigenvalue weighted by Gasteiger charge is 2.07. The Morgan fingerprint density at radius 2 is 2.12 bits per heavy atom. The maximum Gasteiger partial charge on any atom is 0.161 e. The quantitative estimate of drug-likeness (QED) is 0.754. The van der Waals surface area contributed by atoms with Crippen LogP contribution in [0.4, 0.5) is 0 Å². The van der Waals surface area contributed by atoms with Crippen LogP contribution in [0.2, 0.25) is 0 Å². The first-order valence-electron chi connectivity index (χ1n) is 5.76. The van der Waals surface area contributed by atoms with Gasteiger partial charge in [-0.25, -0.2) is 0 Å². The fourth-order valence-corrected chi connectivity index (χ4v) is 1.53. The van der Waals surface area contributed by atoms with Crippen LogP contribution in [0.3, 0.4) is 0 Å². The molecule has 0 bridgehead atoms. The number of aryl methyl sites for hydroxylation is 1. The molecule has 1 atom stereocenters. The highest BCUT2D eigenvalue weighted by molar-refractivity contribution is 5.42. The SMILES string of the molecule is CNC(CO)CCOc1ccc(C)cc1OC. The van der Waals surface area contributed by atoms with Crippen LogP contribution >= 0.6 is 0 Å². The van der Waals surface area contributed by atoms with Crippen molar-refractivity contribution in [3.05, 3.63) is 23.8 Å².